The van der Waals surface area contributed by atoms with Gasteiger partial charge in [0.1, 0.15) is 23.8 Å². The summed E-state index contributed by atoms with van der Waals surface area (Å²) in [5.74, 6) is -4.53. The van der Waals surface area contributed by atoms with E-state index in [2.05, 4.69) is 20.9 Å². The molecule has 46 heavy (non-hydrogen) atoms. The van der Waals surface area contributed by atoms with Gasteiger partial charge >= 0.3 is 5.97 Å². The van der Waals surface area contributed by atoms with Gasteiger partial charge in [0.05, 0.1) is 0 Å². The number of benzene rings is 2. The maximum Gasteiger partial charge on any atom is 0.326 e. The number of nitrogen functional groups attached to an aromatic ring is 1. The van der Waals surface area contributed by atoms with Crippen LogP contribution in [0.2, 0.25) is 0 Å². The first-order valence-electron chi connectivity index (χ1n) is 15.7. The summed E-state index contributed by atoms with van der Waals surface area (Å²) in [6.07, 6.45) is 5.14. The van der Waals surface area contributed by atoms with Gasteiger partial charge in [-0.2, -0.15) is 0 Å². The number of nitrogens with zero attached hydrogens (tertiary/aromatic N) is 1. The molecule has 1 unspecified atom stereocenters. The Kier molecular flexibility index (Phi) is 14.0. The van der Waals surface area contributed by atoms with Crippen LogP contribution in [0.1, 0.15) is 61.6 Å². The lowest BCUT2D eigenvalue weighted by atomic mass is 9.83. The zero-order valence-corrected chi connectivity index (χ0v) is 26.0. The van der Waals surface area contributed by atoms with Crippen molar-refractivity contribution < 1.29 is 24.3 Å². The molecule has 11 N–H and O–H groups in total. The SMILES string of the molecule is N=C(N)c1ccc(CC(C(=O)NCCc2ccccc2)C(=O)N[C@H](C(=O)N[C@@H](CCCN=C(N)N)C(=O)O)C2CCCCC2)cc1. The molecule has 0 radical (unpaired) electrons. The Balaban J connectivity index is 1.79. The van der Waals surface area contributed by atoms with E-state index in [9.17, 15) is 24.3 Å². The molecule has 3 rings (SSSR count). The van der Waals surface area contributed by atoms with Crippen molar-refractivity contribution in [1.82, 2.24) is 16.0 Å². The zero-order valence-electron chi connectivity index (χ0n) is 26.0. The Morgan fingerprint density at radius 3 is 2.15 bits per heavy atom. The number of carboxylic acid groups (broad SMARTS) is 1. The van der Waals surface area contributed by atoms with Gasteiger partial charge in [-0.05, 0) is 55.6 Å². The number of carboxylic acids is 1. The van der Waals surface area contributed by atoms with Crippen LogP contribution in [0.5, 0.6) is 0 Å². The van der Waals surface area contributed by atoms with Crippen LogP contribution in [0, 0.1) is 17.2 Å². The number of nitrogens with two attached hydrogens (primary N) is 3. The van der Waals surface area contributed by atoms with E-state index in [4.69, 9.17) is 22.6 Å². The number of amidine groups is 1. The molecule has 0 aliphatic heterocycles. The normalized spacial score (nSPS) is 15.0. The summed E-state index contributed by atoms with van der Waals surface area (Å²) in [6, 6.07) is 14.1. The van der Waals surface area contributed by atoms with Gasteiger partial charge in [0.25, 0.3) is 0 Å². The number of hydrogen-bond acceptors (Lipinski definition) is 6. The average molecular weight is 635 g/mol. The van der Waals surface area contributed by atoms with E-state index in [-0.39, 0.29) is 37.1 Å². The minimum atomic E-state index is -1.21. The number of rotatable bonds is 17. The van der Waals surface area contributed by atoms with E-state index < -0.39 is 41.7 Å². The quantitative estimate of drug-likeness (QED) is 0.0542. The highest BCUT2D eigenvalue weighted by Gasteiger charge is 2.36. The molecule has 3 atom stereocenters. The largest absolute Gasteiger partial charge is 0.480 e. The number of nitrogens with one attached hydrogen (secondary N) is 4. The first kappa shape index (κ1) is 35.5. The van der Waals surface area contributed by atoms with Crippen LogP contribution in [0.15, 0.2) is 59.6 Å². The number of carbonyl (C=O) groups is 4. The predicted octanol–water partition coefficient (Wildman–Crippen LogP) is 1.18. The lowest BCUT2D eigenvalue weighted by Crippen LogP contribution is -2.57. The second-order valence-corrected chi connectivity index (χ2v) is 11.6. The second kappa shape index (κ2) is 18.1. The third kappa shape index (κ3) is 11.5. The molecular formula is C33H46N8O5. The molecular weight excluding hydrogens is 588 g/mol. The van der Waals surface area contributed by atoms with Crippen molar-refractivity contribution in [1.29, 1.82) is 5.41 Å². The molecule has 1 aliphatic rings. The van der Waals surface area contributed by atoms with Crippen LogP contribution in [-0.4, -0.2) is 65.8 Å². The smallest absolute Gasteiger partial charge is 0.326 e. The van der Waals surface area contributed by atoms with Gasteiger partial charge in [-0.1, -0.05) is 73.9 Å². The van der Waals surface area contributed by atoms with E-state index in [0.29, 0.717) is 43.4 Å². The minimum absolute atomic E-state index is 0.0444. The zero-order chi connectivity index (χ0) is 33.5. The summed E-state index contributed by atoms with van der Waals surface area (Å²) in [5, 5.41) is 25.7. The van der Waals surface area contributed by atoms with Crippen LogP contribution in [-0.2, 0) is 32.0 Å². The number of amides is 3. The highest BCUT2D eigenvalue weighted by Crippen LogP contribution is 2.27. The lowest BCUT2D eigenvalue weighted by Gasteiger charge is -2.32. The Hall–Kier alpha value is -4.94. The molecule has 0 saturated heterocycles. The van der Waals surface area contributed by atoms with E-state index in [0.717, 1.165) is 24.8 Å². The van der Waals surface area contributed by atoms with Crippen molar-refractivity contribution in [2.75, 3.05) is 13.1 Å². The first-order chi connectivity index (χ1) is 22.0. The molecule has 248 valence electrons. The maximum absolute atomic E-state index is 13.9. The number of hydrogen-bond donors (Lipinski definition) is 8. The summed E-state index contributed by atoms with van der Waals surface area (Å²) >= 11 is 0. The number of guanidine groups is 1. The van der Waals surface area contributed by atoms with E-state index >= 15 is 0 Å². The van der Waals surface area contributed by atoms with Gasteiger partial charge in [-0.25, -0.2) is 4.79 Å². The van der Waals surface area contributed by atoms with Crippen molar-refractivity contribution in [3.05, 3.63) is 71.3 Å². The molecule has 2 aromatic carbocycles. The standard InChI is InChI=1S/C33H46N8O5/c34-28(35)24-15-13-22(14-16-24)20-25(29(42)38-19-17-21-8-3-1-4-9-21)30(43)41-27(23-10-5-2-6-11-23)31(44)40-26(32(45)46)12-7-18-39-33(36)37/h1,3-4,8-9,13-16,23,25-27H,2,5-7,10-12,17-20H2,(H3,34,35)(H,38,42)(H,40,44)(H,41,43)(H,45,46)(H4,36,37,39)/t25?,26-,27-/m0/s1. The van der Waals surface area contributed by atoms with Crippen LogP contribution >= 0.6 is 0 Å². The molecule has 13 nitrogen and oxygen atoms in total. The molecule has 2 aromatic rings. The van der Waals surface area contributed by atoms with Gasteiger partial charge in [-0.3, -0.25) is 24.8 Å². The molecule has 13 heteroatoms. The van der Waals surface area contributed by atoms with Crippen molar-refractivity contribution in [2.24, 2.45) is 34.0 Å². The second-order valence-electron chi connectivity index (χ2n) is 11.6. The Morgan fingerprint density at radius 2 is 1.54 bits per heavy atom. The van der Waals surface area contributed by atoms with Crippen LogP contribution in [0.25, 0.3) is 0 Å². The highest BCUT2D eigenvalue weighted by atomic mass is 16.4. The molecule has 0 heterocycles. The summed E-state index contributed by atoms with van der Waals surface area (Å²) in [7, 11) is 0. The van der Waals surface area contributed by atoms with E-state index in [1.54, 1.807) is 24.3 Å². The van der Waals surface area contributed by atoms with E-state index in [1.807, 2.05) is 30.3 Å². The van der Waals surface area contributed by atoms with E-state index in [1.165, 1.54) is 0 Å². The number of aliphatic carboxylic acids is 1. The topological polar surface area (TPSA) is 239 Å². The molecule has 0 aromatic heterocycles. The number of carbonyl (C=O) groups excluding carboxylic acids is 3. The summed E-state index contributed by atoms with van der Waals surface area (Å²) in [4.78, 5) is 56.9. The van der Waals surface area contributed by atoms with Crippen LogP contribution < -0.4 is 33.2 Å². The molecule has 3 amide bonds. The van der Waals surface area contributed by atoms with Crippen LogP contribution in [0.3, 0.4) is 0 Å². The van der Waals surface area contributed by atoms with Gasteiger partial charge in [0, 0.05) is 18.7 Å². The van der Waals surface area contributed by atoms with Crippen molar-refractivity contribution in [3.8, 4) is 0 Å². The minimum Gasteiger partial charge on any atom is -0.480 e. The predicted molar refractivity (Wildman–Crippen MR) is 176 cm³/mol. The third-order valence-electron chi connectivity index (χ3n) is 8.15. The summed E-state index contributed by atoms with van der Waals surface area (Å²) < 4.78 is 0. The Bertz CT molecular complexity index is 1360. The molecule has 1 aliphatic carbocycles. The molecule has 0 spiro atoms. The van der Waals surface area contributed by atoms with Crippen LogP contribution in [0.4, 0.5) is 0 Å². The van der Waals surface area contributed by atoms with Crippen molar-refractivity contribution in [3.63, 3.8) is 0 Å². The fourth-order valence-corrected chi connectivity index (χ4v) is 5.60. The van der Waals surface area contributed by atoms with Gasteiger partial charge in [-0.15, -0.1) is 0 Å². The van der Waals surface area contributed by atoms with Gasteiger partial charge in [0.15, 0.2) is 5.96 Å². The third-order valence-corrected chi connectivity index (χ3v) is 8.15. The lowest BCUT2D eigenvalue weighted by molar-refractivity contribution is -0.143. The average Bonchev–Trinajstić information content (AvgIpc) is 3.04. The Morgan fingerprint density at radius 1 is 0.870 bits per heavy atom. The molecule has 0 bridgehead atoms. The maximum atomic E-state index is 13.9. The van der Waals surface area contributed by atoms with Crippen molar-refractivity contribution in [2.45, 2.75) is 69.9 Å². The van der Waals surface area contributed by atoms with Gasteiger partial charge in [0.2, 0.25) is 17.7 Å². The molecule has 1 saturated carbocycles. The summed E-state index contributed by atoms with van der Waals surface area (Å²) in [6.45, 7) is 0.516. The number of aliphatic imine (C=N–C) groups is 1. The monoisotopic (exact) mass is 634 g/mol. The molecule has 1 fully saturated rings. The van der Waals surface area contributed by atoms with Gasteiger partial charge < -0.3 is 38.3 Å². The van der Waals surface area contributed by atoms with Crippen molar-refractivity contribution >= 4 is 35.5 Å². The first-order valence-corrected chi connectivity index (χ1v) is 15.7. The highest BCUT2D eigenvalue weighted by molar-refractivity contribution is 6.02. The Labute approximate surface area is 269 Å². The summed E-state index contributed by atoms with van der Waals surface area (Å²) in [5.41, 5.74) is 18.5. The fourth-order valence-electron chi connectivity index (χ4n) is 5.60. The fraction of sp³-hybridized carbons (Fsp3) is 0.455.